The van der Waals surface area contributed by atoms with Gasteiger partial charge in [-0.25, -0.2) is 0 Å². The molecule has 0 heterocycles. The van der Waals surface area contributed by atoms with Gasteiger partial charge >= 0.3 is 17.9 Å². The number of amides is 1. The molecule has 0 aromatic heterocycles. The van der Waals surface area contributed by atoms with Gasteiger partial charge in [0.2, 0.25) is 5.91 Å². The van der Waals surface area contributed by atoms with Crippen molar-refractivity contribution in [1.29, 1.82) is 0 Å². The van der Waals surface area contributed by atoms with Gasteiger partial charge in [0, 0.05) is 31.8 Å². The molecule has 0 aliphatic heterocycles. The van der Waals surface area contributed by atoms with Gasteiger partial charge in [0.25, 0.3) is 0 Å². The number of ether oxygens (including phenoxy) is 3. The van der Waals surface area contributed by atoms with Gasteiger partial charge in [0.1, 0.15) is 0 Å². The van der Waals surface area contributed by atoms with Gasteiger partial charge in [0.05, 0.1) is 25.7 Å². The van der Waals surface area contributed by atoms with Gasteiger partial charge in [0.15, 0.2) is 0 Å². The first-order valence-corrected chi connectivity index (χ1v) is 28.5. The topological polar surface area (TPSA) is 102 Å². The van der Waals surface area contributed by atoms with Crippen LogP contribution in [0.25, 0.3) is 0 Å². The third kappa shape index (κ3) is 37.8. The highest BCUT2D eigenvalue weighted by atomic mass is 16.5. The van der Waals surface area contributed by atoms with Crippen LogP contribution in [0.3, 0.4) is 0 Å². The lowest BCUT2D eigenvalue weighted by molar-refractivity contribution is -0.149. The molecule has 0 aliphatic carbocycles. The van der Waals surface area contributed by atoms with E-state index in [4.69, 9.17) is 14.2 Å². The number of hydrogen-bond donors (Lipinski definition) is 0. The Morgan fingerprint density at radius 3 is 1.27 bits per heavy atom. The van der Waals surface area contributed by atoms with Crippen LogP contribution in [-0.4, -0.2) is 86.7 Å². The number of carbonyl (C=O) groups is 4. The summed E-state index contributed by atoms with van der Waals surface area (Å²) in [5, 5.41) is 0. The van der Waals surface area contributed by atoms with Crippen molar-refractivity contribution in [3.63, 3.8) is 0 Å². The molecule has 0 rings (SSSR count). The monoisotopic (exact) mass is 935 g/mol. The Morgan fingerprint density at radius 2 is 0.833 bits per heavy atom. The minimum Gasteiger partial charge on any atom is -0.465 e. The maximum Gasteiger partial charge on any atom is 0.308 e. The van der Waals surface area contributed by atoms with Crippen LogP contribution >= 0.6 is 0 Å². The molecule has 390 valence electrons. The molecule has 0 saturated heterocycles. The van der Waals surface area contributed by atoms with E-state index < -0.39 is 0 Å². The molecule has 66 heavy (non-hydrogen) atoms. The predicted molar refractivity (Wildman–Crippen MR) is 278 cm³/mol. The van der Waals surface area contributed by atoms with Gasteiger partial charge in [-0.15, -0.1) is 0 Å². The minimum absolute atomic E-state index is 0.0222. The summed E-state index contributed by atoms with van der Waals surface area (Å²) in [5.41, 5.74) is 0. The Hall–Kier alpha value is -2.16. The molecule has 0 aromatic carbocycles. The standard InChI is InChI=1S/C57H110N2O7/c1-9-15-37-50(12-4)48-65-55(61)43-33-27-20-18-24-30-40-53(41-31-25-19-21-28-34-44-56(62)66-49-51(13-5)38-16-10-2)59(46-36-45-58(7)8)54(60)42-32-26-22-23-29-35-47-64-57(63)52(14-6)39-17-11-3/h50-53H,9-49H2,1-8H3. The first-order chi connectivity index (χ1) is 32.1. The number of hydrogen-bond acceptors (Lipinski definition) is 8. The van der Waals surface area contributed by atoms with Crippen molar-refractivity contribution in [1.82, 2.24) is 9.80 Å². The third-order valence-corrected chi connectivity index (χ3v) is 13.9. The van der Waals surface area contributed by atoms with Gasteiger partial charge in [-0.1, -0.05) is 183 Å². The summed E-state index contributed by atoms with van der Waals surface area (Å²) in [6, 6.07) is 0.273. The molecule has 1 amide bonds. The van der Waals surface area contributed by atoms with Gasteiger partial charge in [-0.05, 0) is 103 Å². The molecule has 0 fully saturated rings. The number of rotatable bonds is 49. The molecule has 9 nitrogen and oxygen atoms in total. The molecule has 0 spiro atoms. The average Bonchev–Trinajstić information content (AvgIpc) is 3.31. The van der Waals surface area contributed by atoms with Crippen LogP contribution in [0.5, 0.6) is 0 Å². The second-order valence-electron chi connectivity index (χ2n) is 20.2. The quantitative estimate of drug-likeness (QED) is 0.0338. The molecule has 0 aliphatic rings. The zero-order valence-corrected chi connectivity index (χ0v) is 45.1. The molecule has 0 bridgehead atoms. The molecule has 0 radical (unpaired) electrons. The van der Waals surface area contributed by atoms with Gasteiger partial charge in [-0.3, -0.25) is 19.2 Å². The second kappa shape index (κ2) is 46.6. The largest absolute Gasteiger partial charge is 0.465 e. The Labute approximate surface area is 409 Å². The summed E-state index contributed by atoms with van der Waals surface area (Å²) < 4.78 is 16.8. The van der Waals surface area contributed by atoms with Crippen molar-refractivity contribution >= 4 is 23.8 Å². The third-order valence-electron chi connectivity index (χ3n) is 13.9. The highest BCUT2D eigenvalue weighted by Crippen LogP contribution is 2.23. The summed E-state index contributed by atoms with van der Waals surface area (Å²) in [7, 11) is 4.23. The summed E-state index contributed by atoms with van der Waals surface area (Å²) in [6.07, 6.45) is 37.2. The normalized spacial score (nSPS) is 13.3. The van der Waals surface area contributed by atoms with Crippen LogP contribution in [0.15, 0.2) is 0 Å². The molecule has 0 saturated carbocycles. The van der Waals surface area contributed by atoms with E-state index >= 15 is 0 Å². The molecule has 0 aromatic rings. The number of unbranched alkanes of at least 4 members (excludes halogenated alkanes) is 18. The molecule has 9 heteroatoms. The second-order valence-corrected chi connectivity index (χ2v) is 20.2. The summed E-state index contributed by atoms with van der Waals surface area (Å²) in [6.45, 7) is 16.5. The summed E-state index contributed by atoms with van der Waals surface area (Å²) in [5.74, 6) is 1.25. The number of nitrogens with zero attached hydrogens (tertiary/aromatic N) is 2. The van der Waals surface area contributed by atoms with Crippen LogP contribution in [0, 0.1) is 17.8 Å². The van der Waals surface area contributed by atoms with Gasteiger partial charge < -0.3 is 24.0 Å². The summed E-state index contributed by atoms with van der Waals surface area (Å²) in [4.78, 5) is 55.7. The number of carbonyl (C=O) groups excluding carboxylic acids is 4. The highest BCUT2D eigenvalue weighted by molar-refractivity contribution is 5.76. The van der Waals surface area contributed by atoms with Crippen molar-refractivity contribution in [2.75, 3.05) is 47.0 Å². The lowest BCUT2D eigenvalue weighted by Crippen LogP contribution is -2.41. The summed E-state index contributed by atoms with van der Waals surface area (Å²) >= 11 is 0. The van der Waals surface area contributed by atoms with E-state index in [9.17, 15) is 19.2 Å². The molecule has 3 unspecified atom stereocenters. The number of esters is 3. The lowest BCUT2D eigenvalue weighted by Gasteiger charge is -2.33. The fraction of sp³-hybridized carbons (Fsp3) is 0.930. The van der Waals surface area contributed by atoms with E-state index in [0.717, 1.165) is 199 Å². The maximum atomic E-state index is 14.1. The van der Waals surface area contributed by atoms with Crippen LogP contribution in [0.2, 0.25) is 0 Å². The van der Waals surface area contributed by atoms with Crippen molar-refractivity contribution in [3.8, 4) is 0 Å². The Balaban J connectivity index is 5.07. The predicted octanol–water partition coefficient (Wildman–Crippen LogP) is 15.4. The Morgan fingerprint density at radius 1 is 0.409 bits per heavy atom. The lowest BCUT2D eigenvalue weighted by atomic mass is 9.97. The Kier molecular flexibility index (Phi) is 45.0. The zero-order chi connectivity index (χ0) is 48.9. The fourth-order valence-electron chi connectivity index (χ4n) is 9.06. The first-order valence-electron chi connectivity index (χ1n) is 28.5. The Bertz CT molecular complexity index is 1080. The SMILES string of the molecule is CCCCC(CC)COC(=O)CCCCCCCCC(CCCCCCCCC(=O)OCC(CC)CCCC)N(CCCN(C)C)C(=O)CCCCCCCCOC(=O)C(CC)CCCC. The van der Waals surface area contributed by atoms with Crippen molar-refractivity contribution in [2.24, 2.45) is 17.8 Å². The first kappa shape index (κ1) is 63.8. The van der Waals surface area contributed by atoms with E-state index in [1.165, 1.54) is 25.7 Å². The smallest absolute Gasteiger partial charge is 0.308 e. The minimum atomic E-state index is -0.0391. The maximum absolute atomic E-state index is 14.1. The van der Waals surface area contributed by atoms with E-state index in [1.54, 1.807) is 0 Å². The fourth-order valence-corrected chi connectivity index (χ4v) is 9.06. The van der Waals surface area contributed by atoms with Crippen molar-refractivity contribution in [2.45, 2.75) is 279 Å². The van der Waals surface area contributed by atoms with Crippen LogP contribution in [-0.2, 0) is 33.4 Å². The van der Waals surface area contributed by atoms with E-state index in [0.29, 0.717) is 56.8 Å². The van der Waals surface area contributed by atoms with E-state index in [1.807, 2.05) is 0 Å². The van der Waals surface area contributed by atoms with E-state index in [-0.39, 0.29) is 29.9 Å². The van der Waals surface area contributed by atoms with Crippen molar-refractivity contribution in [3.05, 3.63) is 0 Å². The van der Waals surface area contributed by atoms with E-state index in [2.05, 4.69) is 65.4 Å². The zero-order valence-electron chi connectivity index (χ0n) is 45.1. The molecular weight excluding hydrogens is 825 g/mol. The average molecular weight is 936 g/mol. The highest BCUT2D eigenvalue weighted by Gasteiger charge is 2.23. The molecule has 3 atom stereocenters. The molecular formula is C57H110N2O7. The molecule has 0 N–H and O–H groups in total. The van der Waals surface area contributed by atoms with Crippen molar-refractivity contribution < 1.29 is 33.4 Å². The van der Waals surface area contributed by atoms with Gasteiger partial charge in [-0.2, -0.15) is 0 Å². The van der Waals surface area contributed by atoms with Crippen LogP contribution in [0.4, 0.5) is 0 Å². The van der Waals surface area contributed by atoms with Crippen LogP contribution < -0.4 is 0 Å². The van der Waals surface area contributed by atoms with Crippen LogP contribution in [0.1, 0.15) is 273 Å².